The molecule has 0 spiro atoms. The molecule has 0 saturated carbocycles. The minimum absolute atomic E-state index is 0.0901. The number of carbonyl (C=O) groups excluding carboxylic acids is 1. The number of H-pyrrole nitrogens is 1. The Bertz CT molecular complexity index is 1150. The maximum atomic E-state index is 12.1. The molecule has 2 N–H and O–H groups in total. The van der Waals surface area contributed by atoms with E-state index >= 15 is 0 Å². The monoisotopic (exact) mass is 416 g/mol. The maximum Gasteiger partial charge on any atom is 0.252 e. The molecule has 4 aromatic rings. The topological polar surface area (TPSA) is 70.7 Å². The highest BCUT2D eigenvalue weighted by atomic mass is 32.2. The van der Waals surface area contributed by atoms with E-state index in [1.54, 1.807) is 25.0 Å². The Labute approximate surface area is 180 Å². The summed E-state index contributed by atoms with van der Waals surface area (Å²) in [5.41, 5.74) is 3.36. The van der Waals surface area contributed by atoms with Crippen LogP contribution in [-0.2, 0) is 0 Å². The molecule has 0 aliphatic rings. The number of hydrogen-bond donors (Lipinski definition) is 2. The van der Waals surface area contributed by atoms with E-state index in [9.17, 15) is 4.79 Å². The molecule has 30 heavy (non-hydrogen) atoms. The predicted molar refractivity (Wildman–Crippen MR) is 125 cm³/mol. The van der Waals surface area contributed by atoms with Gasteiger partial charge in [0.25, 0.3) is 5.91 Å². The fourth-order valence-electron chi connectivity index (χ4n) is 2.85. The van der Waals surface area contributed by atoms with Gasteiger partial charge < -0.3 is 5.32 Å². The molecule has 1 amide bonds. The fourth-order valence-corrected chi connectivity index (χ4v) is 3.84. The summed E-state index contributed by atoms with van der Waals surface area (Å²) < 4.78 is 0. The molecule has 5 nitrogen and oxygen atoms in total. The fraction of sp³-hybridized carbons (Fsp3) is 0.125. The van der Waals surface area contributed by atoms with E-state index in [0.29, 0.717) is 5.56 Å². The van der Waals surface area contributed by atoms with Crippen molar-refractivity contribution in [3.05, 3.63) is 83.8 Å². The average molecular weight is 417 g/mol. The molecule has 0 fully saturated rings. The molecule has 0 unspecified atom stereocenters. The highest BCUT2D eigenvalue weighted by Crippen LogP contribution is 2.32. The van der Waals surface area contributed by atoms with Gasteiger partial charge in [0, 0.05) is 28.4 Å². The summed E-state index contributed by atoms with van der Waals surface area (Å²) in [5.74, 6) is -0.0901. The van der Waals surface area contributed by atoms with Crippen LogP contribution in [0.15, 0.2) is 76.7 Å². The summed E-state index contributed by atoms with van der Waals surface area (Å²) in [6.07, 6.45) is 5.66. The van der Waals surface area contributed by atoms with Crippen LogP contribution < -0.4 is 5.32 Å². The lowest BCUT2D eigenvalue weighted by Gasteiger charge is -2.08. The first-order valence-electron chi connectivity index (χ1n) is 9.81. The second-order valence-electron chi connectivity index (χ2n) is 6.08. The van der Waals surface area contributed by atoms with Crippen LogP contribution in [-0.4, -0.2) is 28.1 Å². The van der Waals surface area contributed by atoms with Crippen LogP contribution in [0, 0.1) is 0 Å². The largest absolute Gasteiger partial charge is 0.355 e. The third-order valence-corrected chi connectivity index (χ3v) is 5.32. The molecule has 152 valence electrons. The average Bonchev–Trinajstić information content (AvgIpc) is 3.22. The third-order valence-electron chi connectivity index (χ3n) is 4.25. The number of aromatic nitrogens is 3. The van der Waals surface area contributed by atoms with Crippen molar-refractivity contribution in [3.8, 4) is 0 Å². The van der Waals surface area contributed by atoms with Gasteiger partial charge in [-0.1, -0.05) is 43.8 Å². The number of aromatic amines is 1. The second-order valence-corrected chi connectivity index (χ2v) is 7.20. The van der Waals surface area contributed by atoms with Crippen LogP contribution in [0.5, 0.6) is 0 Å². The normalized spacial score (nSPS) is 10.6. The van der Waals surface area contributed by atoms with Crippen molar-refractivity contribution in [2.45, 2.75) is 23.6 Å². The molecule has 6 heteroatoms. The number of carbonyl (C=O) groups is 1. The Kier molecular flexibility index (Phi) is 7.40. The Morgan fingerprint density at radius 3 is 2.60 bits per heavy atom. The second kappa shape index (κ2) is 10.4. The van der Waals surface area contributed by atoms with Gasteiger partial charge in [0.15, 0.2) is 0 Å². The summed E-state index contributed by atoms with van der Waals surface area (Å²) in [5, 5.41) is 11.2. The standard InChI is InChI=1S/C22H18N4OS.C2H6/c1-23-22(27)18-7-2-3-8-21(18)28-16-10-11-17-19(25-26-20(17)14-16)12-9-15-6-4-5-13-24-15;1-2/h2-14H,1H3,(H,23,27)(H,25,26);1-2H3/b12-9+;. The smallest absolute Gasteiger partial charge is 0.252 e. The first-order valence-corrected chi connectivity index (χ1v) is 10.6. The quantitative estimate of drug-likeness (QED) is 0.440. The number of amides is 1. The predicted octanol–water partition coefficient (Wildman–Crippen LogP) is 5.67. The lowest BCUT2D eigenvalue weighted by atomic mass is 10.2. The van der Waals surface area contributed by atoms with E-state index in [0.717, 1.165) is 32.1 Å². The van der Waals surface area contributed by atoms with E-state index in [1.807, 2.05) is 86.7 Å². The summed E-state index contributed by atoms with van der Waals surface area (Å²) >= 11 is 1.56. The van der Waals surface area contributed by atoms with Gasteiger partial charge >= 0.3 is 0 Å². The minimum atomic E-state index is -0.0901. The van der Waals surface area contributed by atoms with E-state index in [4.69, 9.17) is 0 Å². The van der Waals surface area contributed by atoms with Crippen molar-refractivity contribution in [2.24, 2.45) is 0 Å². The van der Waals surface area contributed by atoms with E-state index < -0.39 is 0 Å². The van der Waals surface area contributed by atoms with Gasteiger partial charge in [0.2, 0.25) is 0 Å². The van der Waals surface area contributed by atoms with Crippen LogP contribution in [0.2, 0.25) is 0 Å². The first-order chi connectivity index (χ1) is 14.7. The van der Waals surface area contributed by atoms with Crippen LogP contribution in [0.3, 0.4) is 0 Å². The van der Waals surface area contributed by atoms with Gasteiger partial charge in [-0.25, -0.2) is 0 Å². The van der Waals surface area contributed by atoms with E-state index in [1.165, 1.54) is 0 Å². The molecule has 2 heterocycles. The number of nitrogens with zero attached hydrogens (tertiary/aromatic N) is 2. The molecule has 0 aliphatic carbocycles. The summed E-state index contributed by atoms with van der Waals surface area (Å²) in [7, 11) is 1.64. The van der Waals surface area contributed by atoms with Crippen LogP contribution in [0.25, 0.3) is 23.1 Å². The van der Waals surface area contributed by atoms with E-state index in [2.05, 4.69) is 20.5 Å². The van der Waals surface area contributed by atoms with Gasteiger partial charge in [0.05, 0.1) is 22.5 Å². The third kappa shape index (κ3) is 4.96. The first kappa shape index (κ1) is 21.3. The Morgan fingerprint density at radius 2 is 1.83 bits per heavy atom. The van der Waals surface area contributed by atoms with Gasteiger partial charge in [-0.05, 0) is 54.6 Å². The zero-order valence-electron chi connectivity index (χ0n) is 17.2. The Morgan fingerprint density at radius 1 is 1.03 bits per heavy atom. The van der Waals surface area contributed by atoms with Gasteiger partial charge in [-0.15, -0.1) is 0 Å². The summed E-state index contributed by atoms with van der Waals surface area (Å²) in [6.45, 7) is 4.00. The molecular formula is C24H24N4OS. The van der Waals surface area contributed by atoms with Crippen LogP contribution >= 0.6 is 11.8 Å². The number of nitrogens with one attached hydrogen (secondary N) is 2. The zero-order valence-corrected chi connectivity index (χ0v) is 18.0. The van der Waals surface area contributed by atoms with Crippen molar-refractivity contribution < 1.29 is 4.79 Å². The van der Waals surface area contributed by atoms with Gasteiger partial charge in [-0.2, -0.15) is 5.10 Å². The van der Waals surface area contributed by atoms with Crippen molar-refractivity contribution in [1.82, 2.24) is 20.5 Å². The van der Waals surface area contributed by atoms with Crippen molar-refractivity contribution >= 4 is 40.7 Å². The molecule has 0 radical (unpaired) electrons. The Hall–Kier alpha value is -3.38. The minimum Gasteiger partial charge on any atom is -0.355 e. The zero-order chi connectivity index (χ0) is 21.3. The van der Waals surface area contributed by atoms with Crippen molar-refractivity contribution in [1.29, 1.82) is 0 Å². The molecule has 4 rings (SSSR count). The summed E-state index contributed by atoms with van der Waals surface area (Å²) in [4.78, 5) is 18.3. The molecule has 2 aromatic heterocycles. The lowest BCUT2D eigenvalue weighted by Crippen LogP contribution is -2.18. The van der Waals surface area contributed by atoms with Crippen molar-refractivity contribution in [2.75, 3.05) is 7.05 Å². The molecule has 0 atom stereocenters. The molecule has 2 aromatic carbocycles. The number of benzene rings is 2. The van der Waals surface area contributed by atoms with Gasteiger partial charge in [-0.3, -0.25) is 14.9 Å². The highest BCUT2D eigenvalue weighted by Gasteiger charge is 2.11. The molecule has 0 saturated heterocycles. The molecule has 0 aliphatic heterocycles. The Balaban J connectivity index is 0.00000124. The van der Waals surface area contributed by atoms with E-state index in [-0.39, 0.29) is 5.91 Å². The van der Waals surface area contributed by atoms with Crippen molar-refractivity contribution in [3.63, 3.8) is 0 Å². The SMILES string of the molecule is CC.CNC(=O)c1ccccc1Sc1ccc2c(/C=C/c3ccccn3)n[nH]c2c1. The van der Waals surface area contributed by atoms with Gasteiger partial charge in [0.1, 0.15) is 0 Å². The number of pyridine rings is 1. The number of fused-ring (bicyclic) bond motifs is 1. The van der Waals surface area contributed by atoms with Crippen LogP contribution in [0.1, 0.15) is 35.6 Å². The number of rotatable bonds is 5. The lowest BCUT2D eigenvalue weighted by molar-refractivity contribution is 0.0960. The summed E-state index contributed by atoms with van der Waals surface area (Å²) in [6, 6.07) is 19.5. The molecular weight excluding hydrogens is 392 g/mol. The molecule has 0 bridgehead atoms. The maximum absolute atomic E-state index is 12.1. The number of hydrogen-bond acceptors (Lipinski definition) is 4. The highest BCUT2D eigenvalue weighted by molar-refractivity contribution is 7.99. The van der Waals surface area contributed by atoms with Crippen LogP contribution in [0.4, 0.5) is 0 Å².